The summed E-state index contributed by atoms with van der Waals surface area (Å²) >= 11 is 0. The van der Waals surface area contributed by atoms with E-state index in [-0.39, 0.29) is 10.8 Å². The molecule has 9 nitrogen and oxygen atoms in total. The SMILES string of the molecule is Cc1cc(N2CCCC(NS(=O)(=O)c3c[nH]c4ncccc34)C2=O)n(C)n1. The monoisotopic (exact) mass is 388 g/mol. The smallest absolute Gasteiger partial charge is 0.246 e. The summed E-state index contributed by atoms with van der Waals surface area (Å²) in [6, 6.07) is 4.36. The second-order valence-corrected chi connectivity index (χ2v) is 8.31. The van der Waals surface area contributed by atoms with Crippen LogP contribution in [0.15, 0.2) is 35.5 Å². The van der Waals surface area contributed by atoms with Crippen LogP contribution in [-0.2, 0) is 21.9 Å². The zero-order valence-corrected chi connectivity index (χ0v) is 15.8. The first-order valence-electron chi connectivity index (χ1n) is 8.63. The van der Waals surface area contributed by atoms with Gasteiger partial charge in [-0.3, -0.25) is 14.4 Å². The minimum Gasteiger partial charge on any atom is -0.345 e. The van der Waals surface area contributed by atoms with Gasteiger partial charge in [0.15, 0.2) is 0 Å². The van der Waals surface area contributed by atoms with Gasteiger partial charge in [-0.15, -0.1) is 0 Å². The summed E-state index contributed by atoms with van der Waals surface area (Å²) in [5.74, 6) is 0.392. The Bertz CT molecular complexity index is 1120. The normalized spacial score (nSPS) is 18.4. The van der Waals surface area contributed by atoms with Crippen LogP contribution in [0.25, 0.3) is 11.0 Å². The Morgan fingerprint density at radius 3 is 2.93 bits per heavy atom. The zero-order chi connectivity index (χ0) is 19.2. The van der Waals surface area contributed by atoms with Crippen molar-refractivity contribution in [3.63, 3.8) is 0 Å². The lowest BCUT2D eigenvalue weighted by Gasteiger charge is -2.32. The van der Waals surface area contributed by atoms with Gasteiger partial charge in [0.25, 0.3) is 0 Å². The van der Waals surface area contributed by atoms with Crippen LogP contribution in [0.2, 0.25) is 0 Å². The molecular formula is C17H20N6O3S. The van der Waals surface area contributed by atoms with E-state index in [2.05, 4.69) is 19.8 Å². The molecule has 0 aliphatic carbocycles. The molecule has 0 aromatic carbocycles. The van der Waals surface area contributed by atoms with Gasteiger partial charge < -0.3 is 4.98 Å². The highest BCUT2D eigenvalue weighted by Crippen LogP contribution is 2.25. The van der Waals surface area contributed by atoms with Gasteiger partial charge in [-0.25, -0.2) is 13.4 Å². The Kier molecular flexibility index (Phi) is 4.23. The summed E-state index contributed by atoms with van der Waals surface area (Å²) in [7, 11) is -2.11. The Labute approximate surface area is 156 Å². The predicted molar refractivity (Wildman–Crippen MR) is 99.7 cm³/mol. The van der Waals surface area contributed by atoms with Gasteiger partial charge in [-0.1, -0.05) is 0 Å². The molecule has 27 heavy (non-hydrogen) atoms. The van der Waals surface area contributed by atoms with Crippen LogP contribution in [0.3, 0.4) is 0 Å². The Balaban J connectivity index is 1.61. The van der Waals surface area contributed by atoms with Crippen LogP contribution in [0.4, 0.5) is 5.82 Å². The molecule has 1 saturated heterocycles. The van der Waals surface area contributed by atoms with E-state index in [0.717, 1.165) is 5.69 Å². The fraction of sp³-hybridized carbons (Fsp3) is 0.353. The lowest BCUT2D eigenvalue weighted by atomic mass is 10.1. The molecule has 0 bridgehead atoms. The topological polar surface area (TPSA) is 113 Å². The third kappa shape index (κ3) is 3.10. The second kappa shape index (κ2) is 6.46. The molecule has 4 rings (SSSR count). The number of amides is 1. The highest BCUT2D eigenvalue weighted by atomic mass is 32.2. The Hall–Kier alpha value is -2.72. The number of sulfonamides is 1. The first-order chi connectivity index (χ1) is 12.9. The van der Waals surface area contributed by atoms with E-state index in [0.29, 0.717) is 36.2 Å². The number of hydrogen-bond donors (Lipinski definition) is 2. The molecule has 142 valence electrons. The van der Waals surface area contributed by atoms with Crippen LogP contribution in [-0.4, -0.2) is 46.7 Å². The molecule has 1 aliphatic heterocycles. The van der Waals surface area contributed by atoms with Crippen LogP contribution in [0.1, 0.15) is 18.5 Å². The third-order valence-electron chi connectivity index (χ3n) is 4.69. The number of nitrogens with one attached hydrogen (secondary N) is 2. The fourth-order valence-corrected chi connectivity index (χ4v) is 4.85. The number of aromatic amines is 1. The van der Waals surface area contributed by atoms with Crippen molar-refractivity contribution in [2.75, 3.05) is 11.4 Å². The number of nitrogens with zero attached hydrogens (tertiary/aromatic N) is 4. The van der Waals surface area contributed by atoms with Crippen LogP contribution < -0.4 is 9.62 Å². The van der Waals surface area contributed by atoms with Gasteiger partial charge in [0.1, 0.15) is 22.4 Å². The summed E-state index contributed by atoms with van der Waals surface area (Å²) in [6.45, 7) is 2.39. The number of pyridine rings is 1. The van der Waals surface area contributed by atoms with Crippen molar-refractivity contribution in [1.29, 1.82) is 0 Å². The zero-order valence-electron chi connectivity index (χ0n) is 15.0. The molecule has 10 heteroatoms. The summed E-state index contributed by atoms with van der Waals surface area (Å²) in [4.78, 5) is 21.6. The number of anilines is 1. The molecule has 1 unspecified atom stereocenters. The quantitative estimate of drug-likeness (QED) is 0.694. The van der Waals surface area contributed by atoms with Crippen molar-refractivity contribution in [2.24, 2.45) is 7.05 Å². The highest BCUT2D eigenvalue weighted by molar-refractivity contribution is 7.89. The van der Waals surface area contributed by atoms with Crippen molar-refractivity contribution in [3.05, 3.63) is 36.3 Å². The van der Waals surface area contributed by atoms with Crippen LogP contribution in [0.5, 0.6) is 0 Å². The molecule has 0 spiro atoms. The van der Waals surface area contributed by atoms with Gasteiger partial charge in [-0.05, 0) is 31.9 Å². The molecule has 3 aromatic rings. The minimum atomic E-state index is -3.88. The van der Waals surface area contributed by atoms with E-state index in [1.165, 1.54) is 6.20 Å². The molecule has 4 heterocycles. The molecule has 1 fully saturated rings. The van der Waals surface area contributed by atoms with Crippen molar-refractivity contribution in [3.8, 4) is 0 Å². The van der Waals surface area contributed by atoms with Crippen LogP contribution >= 0.6 is 0 Å². The number of piperidine rings is 1. The Morgan fingerprint density at radius 2 is 2.19 bits per heavy atom. The van der Waals surface area contributed by atoms with E-state index in [4.69, 9.17) is 0 Å². The summed E-state index contributed by atoms with van der Waals surface area (Å²) < 4.78 is 30.0. The molecule has 1 amide bonds. The van der Waals surface area contributed by atoms with Crippen LogP contribution in [0, 0.1) is 6.92 Å². The average Bonchev–Trinajstić information content (AvgIpc) is 3.20. The number of aromatic nitrogens is 4. The lowest BCUT2D eigenvalue weighted by molar-refractivity contribution is -0.121. The molecule has 1 aliphatic rings. The predicted octanol–water partition coefficient (Wildman–Crippen LogP) is 1.08. The fourth-order valence-electron chi connectivity index (χ4n) is 3.47. The lowest BCUT2D eigenvalue weighted by Crippen LogP contribution is -2.52. The number of H-pyrrole nitrogens is 1. The molecule has 2 N–H and O–H groups in total. The van der Waals surface area contributed by atoms with Crippen molar-refractivity contribution >= 4 is 32.8 Å². The first kappa shape index (κ1) is 17.7. The number of carbonyl (C=O) groups is 1. The highest BCUT2D eigenvalue weighted by Gasteiger charge is 2.35. The number of carbonyl (C=O) groups excluding carboxylic acids is 1. The summed E-state index contributed by atoms with van der Waals surface area (Å²) in [5, 5.41) is 4.76. The number of rotatable bonds is 4. The maximum Gasteiger partial charge on any atom is 0.246 e. The average molecular weight is 388 g/mol. The maximum atomic E-state index is 12.9. The first-order valence-corrected chi connectivity index (χ1v) is 10.1. The number of aryl methyl sites for hydroxylation is 2. The molecular weight excluding hydrogens is 368 g/mol. The van der Waals surface area contributed by atoms with Gasteiger partial charge in [0, 0.05) is 37.4 Å². The van der Waals surface area contributed by atoms with E-state index >= 15 is 0 Å². The van der Waals surface area contributed by atoms with E-state index < -0.39 is 16.1 Å². The molecule has 1 atom stereocenters. The maximum absolute atomic E-state index is 12.9. The Morgan fingerprint density at radius 1 is 1.37 bits per heavy atom. The van der Waals surface area contributed by atoms with Gasteiger partial charge in [0.05, 0.1) is 5.69 Å². The van der Waals surface area contributed by atoms with Crippen molar-refractivity contribution in [1.82, 2.24) is 24.5 Å². The van der Waals surface area contributed by atoms with Gasteiger partial charge >= 0.3 is 0 Å². The van der Waals surface area contributed by atoms with E-state index in [9.17, 15) is 13.2 Å². The van der Waals surface area contributed by atoms with E-state index in [1.54, 1.807) is 35.0 Å². The van der Waals surface area contributed by atoms with E-state index in [1.807, 2.05) is 13.0 Å². The third-order valence-corrected chi connectivity index (χ3v) is 6.20. The second-order valence-electron chi connectivity index (χ2n) is 6.63. The standard InChI is InChI=1S/C17H20N6O3S/c1-11-9-15(22(2)20-11)23-8-4-6-13(17(23)24)21-27(25,26)14-10-19-16-12(14)5-3-7-18-16/h3,5,7,9-10,13,21H,4,6,8H2,1-2H3,(H,18,19). The largest absolute Gasteiger partial charge is 0.345 e. The van der Waals surface area contributed by atoms with Gasteiger partial charge in [-0.2, -0.15) is 9.82 Å². The molecule has 0 saturated carbocycles. The van der Waals surface area contributed by atoms with Crippen molar-refractivity contribution in [2.45, 2.75) is 30.7 Å². The number of fused-ring (bicyclic) bond motifs is 1. The molecule has 3 aromatic heterocycles. The molecule has 0 radical (unpaired) electrons. The minimum absolute atomic E-state index is 0.0897. The van der Waals surface area contributed by atoms with Gasteiger partial charge in [0.2, 0.25) is 15.9 Å². The van der Waals surface area contributed by atoms with Crippen molar-refractivity contribution < 1.29 is 13.2 Å². The summed E-state index contributed by atoms with van der Waals surface area (Å²) in [5.41, 5.74) is 1.29. The number of hydrogen-bond acceptors (Lipinski definition) is 5. The summed E-state index contributed by atoms with van der Waals surface area (Å²) in [6.07, 6.45) is 4.13.